The molecule has 1 aliphatic heterocycles. The third-order valence-electron chi connectivity index (χ3n) is 1.70. The molecule has 0 aromatic rings. The number of hydrogen-bond donors (Lipinski definition) is 2. The summed E-state index contributed by atoms with van der Waals surface area (Å²) in [5.41, 5.74) is 0. The van der Waals surface area contributed by atoms with Gasteiger partial charge in [-0.3, -0.25) is 0 Å². The Morgan fingerprint density at radius 1 is 1.58 bits per heavy atom. The summed E-state index contributed by atoms with van der Waals surface area (Å²) in [5, 5.41) is 16.5. The highest BCUT2D eigenvalue weighted by molar-refractivity contribution is 4.56. The fraction of sp³-hybridized carbons (Fsp3) is 1.00. The van der Waals surface area contributed by atoms with Crippen LogP contribution in [0.4, 0.5) is 0 Å². The van der Waals surface area contributed by atoms with Crippen LogP contribution < -0.4 is 0 Å². The van der Waals surface area contributed by atoms with Crippen LogP contribution in [0.15, 0.2) is 0 Å². The minimum Gasteiger partial charge on any atom is -0.396 e. The van der Waals surface area contributed by atoms with Gasteiger partial charge in [0.2, 0.25) is 0 Å². The Balaban J connectivity index is 0.000000202. The van der Waals surface area contributed by atoms with Gasteiger partial charge in [0, 0.05) is 13.2 Å². The lowest BCUT2D eigenvalue weighted by atomic mass is 10.3. The highest BCUT2D eigenvalue weighted by Crippen LogP contribution is 2.09. The third-order valence-corrected chi connectivity index (χ3v) is 1.70. The SMILES string of the molecule is CC(O)CCO.CC1CCCO1. The van der Waals surface area contributed by atoms with E-state index in [2.05, 4.69) is 6.92 Å². The molecule has 0 spiro atoms. The molecule has 0 aromatic carbocycles. The molecule has 0 aromatic heterocycles. The Bertz CT molecular complexity index is 87.8. The van der Waals surface area contributed by atoms with E-state index in [1.807, 2.05) is 0 Å². The van der Waals surface area contributed by atoms with Gasteiger partial charge >= 0.3 is 0 Å². The molecule has 0 saturated carbocycles. The molecule has 2 atom stereocenters. The number of aliphatic hydroxyl groups excluding tert-OH is 2. The molecule has 74 valence electrons. The van der Waals surface area contributed by atoms with E-state index < -0.39 is 0 Å². The van der Waals surface area contributed by atoms with E-state index in [0.29, 0.717) is 12.5 Å². The molecule has 1 aliphatic rings. The Kier molecular flexibility index (Phi) is 7.45. The monoisotopic (exact) mass is 176 g/mol. The molecule has 1 saturated heterocycles. The second-order valence-corrected chi connectivity index (χ2v) is 3.18. The fourth-order valence-electron chi connectivity index (χ4n) is 0.925. The van der Waals surface area contributed by atoms with Gasteiger partial charge < -0.3 is 14.9 Å². The minimum absolute atomic E-state index is 0.0810. The van der Waals surface area contributed by atoms with Crippen molar-refractivity contribution in [2.24, 2.45) is 0 Å². The lowest BCUT2D eigenvalue weighted by Gasteiger charge is -1.95. The fourth-order valence-corrected chi connectivity index (χ4v) is 0.925. The molecule has 0 bridgehead atoms. The standard InChI is InChI=1S/C5H10O.C4H10O2/c1-5-3-2-4-6-5;1-4(6)2-3-5/h5H,2-4H2,1H3;4-6H,2-3H2,1H3. The van der Waals surface area contributed by atoms with E-state index in [1.165, 1.54) is 12.8 Å². The number of hydrogen-bond acceptors (Lipinski definition) is 3. The Morgan fingerprint density at radius 3 is 2.33 bits per heavy atom. The molecule has 2 unspecified atom stereocenters. The van der Waals surface area contributed by atoms with E-state index in [4.69, 9.17) is 14.9 Å². The van der Waals surface area contributed by atoms with Gasteiger partial charge in [0.25, 0.3) is 0 Å². The van der Waals surface area contributed by atoms with Gasteiger partial charge in [-0.1, -0.05) is 0 Å². The lowest BCUT2D eigenvalue weighted by Crippen LogP contribution is -2.00. The topological polar surface area (TPSA) is 49.7 Å². The average Bonchev–Trinajstić information content (AvgIpc) is 2.40. The van der Waals surface area contributed by atoms with Crippen LogP contribution in [-0.2, 0) is 4.74 Å². The molecule has 1 rings (SSSR count). The highest BCUT2D eigenvalue weighted by Gasteiger charge is 2.07. The largest absolute Gasteiger partial charge is 0.396 e. The van der Waals surface area contributed by atoms with Crippen LogP contribution in [0.1, 0.15) is 33.1 Å². The molecular formula is C9H20O3. The van der Waals surface area contributed by atoms with Crippen molar-refractivity contribution in [3.8, 4) is 0 Å². The molecule has 12 heavy (non-hydrogen) atoms. The zero-order valence-electron chi connectivity index (χ0n) is 7.99. The van der Waals surface area contributed by atoms with Crippen LogP contribution in [0, 0.1) is 0 Å². The number of ether oxygens (including phenoxy) is 1. The van der Waals surface area contributed by atoms with Gasteiger partial charge in [-0.15, -0.1) is 0 Å². The van der Waals surface area contributed by atoms with Crippen molar-refractivity contribution >= 4 is 0 Å². The molecule has 1 fully saturated rings. The Hall–Kier alpha value is -0.120. The van der Waals surface area contributed by atoms with Gasteiger partial charge in [-0.05, 0) is 33.1 Å². The summed E-state index contributed by atoms with van der Waals surface area (Å²) < 4.78 is 5.15. The predicted molar refractivity (Wildman–Crippen MR) is 48.0 cm³/mol. The first-order valence-corrected chi connectivity index (χ1v) is 4.57. The van der Waals surface area contributed by atoms with Crippen molar-refractivity contribution in [3.63, 3.8) is 0 Å². The van der Waals surface area contributed by atoms with E-state index in [-0.39, 0.29) is 12.7 Å². The zero-order chi connectivity index (χ0) is 9.40. The van der Waals surface area contributed by atoms with Crippen LogP contribution in [-0.4, -0.2) is 35.6 Å². The maximum atomic E-state index is 8.39. The van der Waals surface area contributed by atoms with Crippen molar-refractivity contribution in [1.29, 1.82) is 0 Å². The highest BCUT2D eigenvalue weighted by atomic mass is 16.5. The van der Waals surface area contributed by atoms with Crippen molar-refractivity contribution in [1.82, 2.24) is 0 Å². The summed E-state index contributed by atoms with van der Waals surface area (Å²) in [6.07, 6.45) is 3.21. The zero-order valence-corrected chi connectivity index (χ0v) is 7.99. The maximum absolute atomic E-state index is 8.39. The van der Waals surface area contributed by atoms with Gasteiger partial charge in [0.05, 0.1) is 12.2 Å². The van der Waals surface area contributed by atoms with Crippen LogP contribution in [0.5, 0.6) is 0 Å². The maximum Gasteiger partial charge on any atom is 0.0547 e. The molecule has 0 radical (unpaired) electrons. The van der Waals surface area contributed by atoms with E-state index in [9.17, 15) is 0 Å². The van der Waals surface area contributed by atoms with Crippen molar-refractivity contribution in [2.75, 3.05) is 13.2 Å². The molecule has 3 nitrogen and oxygen atoms in total. The lowest BCUT2D eigenvalue weighted by molar-refractivity contribution is 0.125. The van der Waals surface area contributed by atoms with Crippen molar-refractivity contribution < 1.29 is 14.9 Å². The molecule has 3 heteroatoms. The molecule has 0 aliphatic carbocycles. The molecule has 0 amide bonds. The molecule has 2 N–H and O–H groups in total. The predicted octanol–water partition coefficient (Wildman–Crippen LogP) is 0.935. The smallest absolute Gasteiger partial charge is 0.0547 e. The minimum atomic E-state index is -0.352. The van der Waals surface area contributed by atoms with Gasteiger partial charge in [-0.2, -0.15) is 0 Å². The van der Waals surface area contributed by atoms with Crippen molar-refractivity contribution in [2.45, 2.75) is 45.3 Å². The Labute approximate surface area is 74.4 Å². The summed E-state index contributed by atoms with van der Waals surface area (Å²) in [6.45, 7) is 4.84. The third kappa shape index (κ3) is 7.98. The van der Waals surface area contributed by atoms with Gasteiger partial charge in [0.1, 0.15) is 0 Å². The molecular weight excluding hydrogens is 156 g/mol. The first-order chi connectivity index (χ1) is 5.66. The van der Waals surface area contributed by atoms with E-state index in [0.717, 1.165) is 6.61 Å². The van der Waals surface area contributed by atoms with Crippen LogP contribution in [0.25, 0.3) is 0 Å². The van der Waals surface area contributed by atoms with Crippen LogP contribution >= 0.6 is 0 Å². The van der Waals surface area contributed by atoms with Gasteiger partial charge in [-0.25, -0.2) is 0 Å². The molecule has 1 heterocycles. The van der Waals surface area contributed by atoms with Crippen LogP contribution in [0.2, 0.25) is 0 Å². The number of rotatable bonds is 2. The van der Waals surface area contributed by atoms with E-state index in [1.54, 1.807) is 6.92 Å². The summed E-state index contributed by atoms with van der Waals surface area (Å²) in [4.78, 5) is 0. The second kappa shape index (κ2) is 7.53. The quantitative estimate of drug-likeness (QED) is 0.658. The summed E-state index contributed by atoms with van der Waals surface area (Å²) in [7, 11) is 0. The van der Waals surface area contributed by atoms with Crippen LogP contribution in [0.3, 0.4) is 0 Å². The summed E-state index contributed by atoms with van der Waals surface area (Å²) in [6, 6.07) is 0. The average molecular weight is 176 g/mol. The first-order valence-electron chi connectivity index (χ1n) is 4.57. The Morgan fingerprint density at radius 2 is 2.25 bits per heavy atom. The van der Waals surface area contributed by atoms with Gasteiger partial charge in [0.15, 0.2) is 0 Å². The van der Waals surface area contributed by atoms with E-state index >= 15 is 0 Å². The normalized spacial score (nSPS) is 24.5. The first kappa shape index (κ1) is 11.9. The number of aliphatic hydroxyl groups is 2. The van der Waals surface area contributed by atoms with Crippen molar-refractivity contribution in [3.05, 3.63) is 0 Å². The summed E-state index contributed by atoms with van der Waals surface area (Å²) in [5.74, 6) is 0. The second-order valence-electron chi connectivity index (χ2n) is 3.18. The summed E-state index contributed by atoms with van der Waals surface area (Å²) >= 11 is 0.